The first-order valence-electron chi connectivity index (χ1n) is 5.18. The summed E-state index contributed by atoms with van der Waals surface area (Å²) in [4.78, 5) is 14.3. The molecule has 0 saturated carbocycles. The highest BCUT2D eigenvalue weighted by atomic mass is 35.5. The fraction of sp³-hybridized carbons (Fsp3) is 0.0833. The molecule has 0 atom stereocenters. The molecule has 1 aromatic carbocycles. The van der Waals surface area contributed by atoms with Crippen LogP contribution in [0.4, 0.5) is 5.69 Å². The molecule has 1 heterocycles. The number of ether oxygens (including phenoxy) is 1. The molecule has 0 unspecified atom stereocenters. The highest BCUT2D eigenvalue weighted by Gasteiger charge is 2.18. The second kappa shape index (κ2) is 5.42. The molecule has 0 N–H and O–H groups in total. The Morgan fingerprint density at radius 3 is 2.63 bits per heavy atom. The predicted octanol–water partition coefficient (Wildman–Crippen LogP) is 3.97. The van der Waals surface area contributed by atoms with Crippen molar-refractivity contribution >= 4 is 28.9 Å². The Balaban J connectivity index is 2.58. The van der Waals surface area contributed by atoms with E-state index in [1.807, 2.05) is 0 Å². The van der Waals surface area contributed by atoms with Crippen LogP contribution >= 0.6 is 23.2 Å². The van der Waals surface area contributed by atoms with Crippen LogP contribution in [0.3, 0.4) is 0 Å². The third-order valence-electron chi connectivity index (χ3n) is 2.46. The molecule has 0 saturated heterocycles. The third kappa shape index (κ3) is 2.62. The lowest BCUT2D eigenvalue weighted by Gasteiger charge is -2.07. The highest BCUT2D eigenvalue weighted by Crippen LogP contribution is 2.35. The Morgan fingerprint density at radius 2 is 2.00 bits per heavy atom. The Hall–Kier alpha value is -1.85. The number of hydrogen-bond acceptors (Lipinski definition) is 4. The molecule has 0 radical (unpaired) electrons. The monoisotopic (exact) mass is 298 g/mol. The van der Waals surface area contributed by atoms with Crippen molar-refractivity contribution in [3.8, 4) is 17.1 Å². The summed E-state index contributed by atoms with van der Waals surface area (Å²) in [5.74, 6) is -0.0708. The Bertz CT molecular complexity index is 647. The van der Waals surface area contributed by atoms with E-state index in [0.29, 0.717) is 21.3 Å². The van der Waals surface area contributed by atoms with Gasteiger partial charge in [0.05, 0.1) is 27.8 Å². The Morgan fingerprint density at radius 1 is 1.26 bits per heavy atom. The van der Waals surface area contributed by atoms with Crippen LogP contribution < -0.4 is 4.74 Å². The first-order valence-corrected chi connectivity index (χ1v) is 5.94. The summed E-state index contributed by atoms with van der Waals surface area (Å²) in [5.41, 5.74) is 0.835. The standard InChI is InChI=1S/C12H8Cl2N2O3/c1-19-12-10(16(17)18)6-5-9(15-12)7-3-2-4-8(13)11(7)14/h2-6H,1H3. The van der Waals surface area contributed by atoms with E-state index in [1.54, 1.807) is 18.2 Å². The zero-order valence-corrected chi connectivity index (χ0v) is 11.3. The van der Waals surface area contributed by atoms with Gasteiger partial charge in [0.2, 0.25) is 0 Å². The number of methoxy groups -OCH3 is 1. The zero-order valence-electron chi connectivity index (χ0n) is 9.76. The van der Waals surface area contributed by atoms with Gasteiger partial charge in [-0.3, -0.25) is 10.1 Å². The average Bonchev–Trinajstić information content (AvgIpc) is 2.41. The molecule has 0 amide bonds. The van der Waals surface area contributed by atoms with Gasteiger partial charge >= 0.3 is 5.69 Å². The minimum Gasteiger partial charge on any atom is -0.476 e. The summed E-state index contributed by atoms with van der Waals surface area (Å²) >= 11 is 12.0. The average molecular weight is 299 g/mol. The zero-order chi connectivity index (χ0) is 14.0. The van der Waals surface area contributed by atoms with Gasteiger partial charge in [-0.1, -0.05) is 35.3 Å². The van der Waals surface area contributed by atoms with Gasteiger partial charge in [-0.25, -0.2) is 4.98 Å². The van der Waals surface area contributed by atoms with E-state index < -0.39 is 4.92 Å². The van der Waals surface area contributed by atoms with Crippen LogP contribution in [0.2, 0.25) is 10.0 Å². The summed E-state index contributed by atoms with van der Waals surface area (Å²) in [6, 6.07) is 7.91. The largest absolute Gasteiger partial charge is 0.476 e. The first-order chi connectivity index (χ1) is 9.04. The second-order valence-electron chi connectivity index (χ2n) is 3.58. The van der Waals surface area contributed by atoms with Crippen LogP contribution in [0.15, 0.2) is 30.3 Å². The maximum Gasteiger partial charge on any atom is 0.330 e. The lowest BCUT2D eigenvalue weighted by Crippen LogP contribution is -1.97. The summed E-state index contributed by atoms with van der Waals surface area (Å²) in [5, 5.41) is 11.5. The normalized spacial score (nSPS) is 10.3. The van der Waals surface area contributed by atoms with Crippen LogP contribution in [0, 0.1) is 10.1 Å². The molecule has 7 heteroatoms. The van der Waals surface area contributed by atoms with Gasteiger partial charge in [0, 0.05) is 11.6 Å². The lowest BCUT2D eigenvalue weighted by molar-refractivity contribution is -0.386. The summed E-state index contributed by atoms with van der Waals surface area (Å²) in [6.07, 6.45) is 0. The number of halogens is 2. The molecule has 0 fully saturated rings. The molecule has 2 aromatic rings. The van der Waals surface area contributed by atoms with E-state index in [1.165, 1.54) is 19.2 Å². The van der Waals surface area contributed by atoms with Gasteiger partial charge < -0.3 is 4.74 Å². The fourth-order valence-electron chi connectivity index (χ4n) is 1.57. The van der Waals surface area contributed by atoms with Crippen LogP contribution in [0.1, 0.15) is 0 Å². The van der Waals surface area contributed by atoms with Crippen LogP contribution in [-0.2, 0) is 0 Å². The quantitative estimate of drug-likeness (QED) is 0.635. The van der Waals surface area contributed by atoms with Crippen molar-refractivity contribution in [2.24, 2.45) is 0 Å². The molecular formula is C12H8Cl2N2O3. The van der Waals surface area contributed by atoms with E-state index in [0.717, 1.165) is 0 Å². The van der Waals surface area contributed by atoms with Gasteiger partial charge in [-0.15, -0.1) is 0 Å². The van der Waals surface area contributed by atoms with Crippen molar-refractivity contribution in [3.63, 3.8) is 0 Å². The van der Waals surface area contributed by atoms with Crippen molar-refractivity contribution in [2.75, 3.05) is 7.11 Å². The number of hydrogen-bond donors (Lipinski definition) is 0. The Kier molecular flexibility index (Phi) is 3.87. The van der Waals surface area contributed by atoms with Crippen molar-refractivity contribution < 1.29 is 9.66 Å². The van der Waals surface area contributed by atoms with Gasteiger partial charge in [0.1, 0.15) is 0 Å². The van der Waals surface area contributed by atoms with E-state index in [-0.39, 0.29) is 11.6 Å². The van der Waals surface area contributed by atoms with Gasteiger partial charge in [-0.05, 0) is 12.1 Å². The van der Waals surface area contributed by atoms with Gasteiger partial charge in [0.25, 0.3) is 5.88 Å². The molecular weight excluding hydrogens is 291 g/mol. The molecule has 0 aliphatic carbocycles. The second-order valence-corrected chi connectivity index (χ2v) is 4.37. The molecule has 5 nitrogen and oxygen atoms in total. The number of nitro groups is 1. The molecule has 0 bridgehead atoms. The lowest BCUT2D eigenvalue weighted by atomic mass is 10.1. The van der Waals surface area contributed by atoms with Crippen molar-refractivity contribution in [1.29, 1.82) is 0 Å². The molecule has 1 aromatic heterocycles. The highest BCUT2D eigenvalue weighted by molar-refractivity contribution is 6.43. The van der Waals surface area contributed by atoms with Crippen LogP contribution in [0.5, 0.6) is 5.88 Å². The Labute approximate surface area is 118 Å². The summed E-state index contributed by atoms with van der Waals surface area (Å²) in [6.45, 7) is 0. The number of rotatable bonds is 3. The minimum absolute atomic E-state index is 0.0708. The molecule has 2 rings (SSSR count). The number of pyridine rings is 1. The molecule has 98 valence electrons. The minimum atomic E-state index is -0.560. The van der Waals surface area contributed by atoms with Gasteiger partial charge in [0.15, 0.2) is 0 Å². The third-order valence-corrected chi connectivity index (χ3v) is 3.28. The van der Waals surface area contributed by atoms with Crippen molar-refractivity contribution in [1.82, 2.24) is 4.98 Å². The molecule has 0 aliphatic rings. The van der Waals surface area contributed by atoms with Crippen LogP contribution in [0.25, 0.3) is 11.3 Å². The van der Waals surface area contributed by atoms with E-state index in [9.17, 15) is 10.1 Å². The van der Waals surface area contributed by atoms with Crippen LogP contribution in [-0.4, -0.2) is 17.0 Å². The van der Waals surface area contributed by atoms with Crippen molar-refractivity contribution in [2.45, 2.75) is 0 Å². The smallest absolute Gasteiger partial charge is 0.330 e. The summed E-state index contributed by atoms with van der Waals surface area (Å²) < 4.78 is 4.91. The molecule has 0 aliphatic heterocycles. The topological polar surface area (TPSA) is 65.3 Å². The molecule has 0 spiro atoms. The van der Waals surface area contributed by atoms with Gasteiger partial charge in [-0.2, -0.15) is 0 Å². The van der Waals surface area contributed by atoms with E-state index in [2.05, 4.69) is 4.98 Å². The number of nitrogens with zero attached hydrogens (tertiary/aromatic N) is 2. The molecule has 19 heavy (non-hydrogen) atoms. The maximum atomic E-state index is 10.8. The SMILES string of the molecule is COc1nc(-c2cccc(Cl)c2Cl)ccc1[N+](=O)[O-]. The van der Waals surface area contributed by atoms with Crippen molar-refractivity contribution in [3.05, 3.63) is 50.5 Å². The number of aromatic nitrogens is 1. The maximum absolute atomic E-state index is 10.8. The summed E-state index contributed by atoms with van der Waals surface area (Å²) in [7, 11) is 1.32. The fourth-order valence-corrected chi connectivity index (χ4v) is 1.97. The first kappa shape index (κ1) is 13.6. The predicted molar refractivity (Wildman–Crippen MR) is 72.9 cm³/mol. The number of benzene rings is 1. The van der Waals surface area contributed by atoms with E-state index in [4.69, 9.17) is 27.9 Å². The van der Waals surface area contributed by atoms with E-state index >= 15 is 0 Å².